The van der Waals surface area contributed by atoms with Crippen molar-refractivity contribution < 1.29 is 19.1 Å². The summed E-state index contributed by atoms with van der Waals surface area (Å²) in [5.74, 6) is 1.09. The van der Waals surface area contributed by atoms with Gasteiger partial charge in [0.05, 0.1) is 7.11 Å². The van der Waals surface area contributed by atoms with Crippen LogP contribution < -0.4 is 4.74 Å². The molecule has 1 aliphatic rings. The van der Waals surface area contributed by atoms with E-state index in [1.807, 2.05) is 24.3 Å². The predicted molar refractivity (Wildman–Crippen MR) is 101 cm³/mol. The lowest BCUT2D eigenvalue weighted by molar-refractivity contribution is -0.151. The van der Waals surface area contributed by atoms with Crippen molar-refractivity contribution in [2.75, 3.05) is 20.8 Å². The molecule has 0 aliphatic heterocycles. The zero-order valence-corrected chi connectivity index (χ0v) is 16.0. The van der Waals surface area contributed by atoms with Crippen molar-refractivity contribution in [3.8, 4) is 5.75 Å². The number of hydrogen-bond acceptors (Lipinski definition) is 4. The van der Waals surface area contributed by atoms with E-state index in [-0.39, 0.29) is 18.5 Å². The van der Waals surface area contributed by atoms with Crippen molar-refractivity contribution in [3.63, 3.8) is 0 Å². The average molecular weight is 361 g/mol. The normalized spacial score (nSPS) is 14.7. The highest BCUT2D eigenvalue weighted by Gasteiger charge is 2.15. The number of carbonyl (C=O) groups is 2. The van der Waals surface area contributed by atoms with Gasteiger partial charge in [0.15, 0.2) is 6.61 Å². The molecule has 26 heavy (non-hydrogen) atoms. The quantitative estimate of drug-likeness (QED) is 0.625. The van der Waals surface area contributed by atoms with Crippen LogP contribution in [0.15, 0.2) is 24.3 Å². The van der Waals surface area contributed by atoms with Crippen LogP contribution in [0.1, 0.15) is 56.9 Å². The maximum atomic E-state index is 12.1. The van der Waals surface area contributed by atoms with Crippen LogP contribution >= 0.6 is 0 Å². The lowest BCUT2D eigenvalue weighted by Crippen LogP contribution is -2.30. The van der Waals surface area contributed by atoms with Gasteiger partial charge in [-0.2, -0.15) is 0 Å². The van der Waals surface area contributed by atoms with Gasteiger partial charge in [0, 0.05) is 20.0 Å². The fraction of sp³-hybridized carbons (Fsp3) is 0.619. The van der Waals surface area contributed by atoms with E-state index in [1.54, 1.807) is 19.1 Å². The van der Waals surface area contributed by atoms with E-state index < -0.39 is 0 Å². The molecule has 5 heteroatoms. The summed E-state index contributed by atoms with van der Waals surface area (Å²) in [6.45, 7) is 0.289. The largest absolute Gasteiger partial charge is 0.497 e. The van der Waals surface area contributed by atoms with Crippen LogP contribution in [0.2, 0.25) is 0 Å². The maximum Gasteiger partial charge on any atom is 0.306 e. The number of nitrogens with zero attached hydrogens (tertiary/aromatic N) is 1. The SMILES string of the molecule is COc1ccc(CN(C)C(=O)COC(=O)CCCC2CCCCC2)cc1. The van der Waals surface area contributed by atoms with E-state index in [1.165, 1.54) is 32.1 Å². The molecule has 0 aromatic heterocycles. The first-order chi connectivity index (χ1) is 12.6. The van der Waals surface area contributed by atoms with Gasteiger partial charge in [-0.25, -0.2) is 0 Å². The van der Waals surface area contributed by atoms with E-state index in [0.717, 1.165) is 30.1 Å². The fourth-order valence-corrected chi connectivity index (χ4v) is 3.43. The van der Waals surface area contributed by atoms with Crippen molar-refractivity contribution in [1.82, 2.24) is 4.90 Å². The molecule has 0 spiro atoms. The highest BCUT2D eigenvalue weighted by atomic mass is 16.5. The monoisotopic (exact) mass is 361 g/mol. The van der Waals surface area contributed by atoms with Gasteiger partial charge in [-0.15, -0.1) is 0 Å². The van der Waals surface area contributed by atoms with Gasteiger partial charge >= 0.3 is 5.97 Å². The molecular formula is C21H31NO4. The summed E-state index contributed by atoms with van der Waals surface area (Å²) < 4.78 is 10.3. The second-order valence-corrected chi connectivity index (χ2v) is 7.15. The number of likely N-dealkylation sites (N-methyl/N-ethyl adjacent to an activating group) is 1. The third-order valence-electron chi connectivity index (χ3n) is 5.08. The van der Waals surface area contributed by atoms with Crippen LogP contribution in [0.4, 0.5) is 0 Å². The summed E-state index contributed by atoms with van der Waals surface area (Å²) >= 11 is 0. The second-order valence-electron chi connectivity index (χ2n) is 7.15. The first-order valence-electron chi connectivity index (χ1n) is 9.61. The number of esters is 1. The molecule has 0 atom stereocenters. The summed E-state index contributed by atoms with van der Waals surface area (Å²) in [4.78, 5) is 25.5. The molecule has 1 aliphatic carbocycles. The zero-order chi connectivity index (χ0) is 18.8. The number of rotatable bonds is 9. The predicted octanol–water partition coefficient (Wildman–Crippen LogP) is 3.95. The highest BCUT2D eigenvalue weighted by Crippen LogP contribution is 2.27. The third kappa shape index (κ3) is 7.06. The summed E-state index contributed by atoms with van der Waals surface area (Å²) in [6.07, 6.45) is 8.96. The molecule has 1 fully saturated rings. The lowest BCUT2D eigenvalue weighted by Gasteiger charge is -2.21. The topological polar surface area (TPSA) is 55.8 Å². The van der Waals surface area contributed by atoms with Crippen LogP contribution in [0.3, 0.4) is 0 Å². The number of amides is 1. The molecule has 0 bridgehead atoms. The third-order valence-corrected chi connectivity index (χ3v) is 5.08. The first-order valence-corrected chi connectivity index (χ1v) is 9.61. The number of ether oxygens (including phenoxy) is 2. The lowest BCUT2D eigenvalue weighted by atomic mass is 9.86. The van der Waals surface area contributed by atoms with Crippen molar-refractivity contribution in [1.29, 1.82) is 0 Å². The Bertz CT molecular complexity index is 564. The Labute approximate surface area is 156 Å². The van der Waals surface area contributed by atoms with Crippen LogP contribution in [0.5, 0.6) is 5.75 Å². The minimum Gasteiger partial charge on any atom is -0.497 e. The number of carbonyl (C=O) groups excluding carboxylic acids is 2. The Kier molecular flexibility index (Phi) is 8.45. The standard InChI is InChI=1S/C21H31NO4/c1-22(15-18-11-13-19(25-2)14-12-18)20(23)16-26-21(24)10-6-9-17-7-4-3-5-8-17/h11-14,17H,3-10,15-16H2,1-2H3. The summed E-state index contributed by atoms with van der Waals surface area (Å²) in [5, 5.41) is 0. The molecule has 0 unspecified atom stereocenters. The number of benzene rings is 1. The first kappa shape index (κ1) is 20.3. The number of hydrogen-bond donors (Lipinski definition) is 0. The molecule has 5 nitrogen and oxygen atoms in total. The highest BCUT2D eigenvalue weighted by molar-refractivity contribution is 5.80. The molecule has 0 radical (unpaired) electrons. The van der Waals surface area contributed by atoms with Gasteiger partial charge in [0.25, 0.3) is 5.91 Å². The zero-order valence-electron chi connectivity index (χ0n) is 16.0. The van der Waals surface area contributed by atoms with Crippen molar-refractivity contribution in [2.45, 2.75) is 57.9 Å². The van der Waals surface area contributed by atoms with E-state index >= 15 is 0 Å². The van der Waals surface area contributed by atoms with E-state index in [9.17, 15) is 9.59 Å². The van der Waals surface area contributed by atoms with Gasteiger partial charge in [-0.05, 0) is 36.5 Å². The molecule has 0 N–H and O–H groups in total. The van der Waals surface area contributed by atoms with Crippen LogP contribution in [-0.2, 0) is 20.9 Å². The second kappa shape index (κ2) is 10.8. The van der Waals surface area contributed by atoms with Gasteiger partial charge in [0.2, 0.25) is 0 Å². The molecule has 0 saturated heterocycles. The van der Waals surface area contributed by atoms with E-state index in [2.05, 4.69) is 0 Å². The Morgan fingerprint density at radius 1 is 1.12 bits per heavy atom. The van der Waals surface area contributed by atoms with Crippen LogP contribution in [0, 0.1) is 5.92 Å². The Morgan fingerprint density at radius 2 is 1.81 bits per heavy atom. The van der Waals surface area contributed by atoms with Crippen molar-refractivity contribution >= 4 is 11.9 Å². The minimum atomic E-state index is -0.271. The Balaban J connectivity index is 1.62. The van der Waals surface area contributed by atoms with Gasteiger partial charge in [0.1, 0.15) is 5.75 Å². The summed E-state index contributed by atoms with van der Waals surface area (Å²) in [7, 11) is 3.33. The molecule has 1 aromatic rings. The number of methoxy groups -OCH3 is 1. The van der Waals surface area contributed by atoms with Crippen molar-refractivity contribution in [2.24, 2.45) is 5.92 Å². The summed E-state index contributed by atoms with van der Waals surface area (Å²) in [5.41, 5.74) is 1.00. The molecule has 144 valence electrons. The van der Waals surface area contributed by atoms with Gasteiger partial charge in [-0.1, -0.05) is 44.2 Å². The van der Waals surface area contributed by atoms with Crippen LogP contribution in [0.25, 0.3) is 0 Å². The van der Waals surface area contributed by atoms with Gasteiger partial charge < -0.3 is 14.4 Å². The Hall–Kier alpha value is -2.04. The summed E-state index contributed by atoms with van der Waals surface area (Å²) in [6, 6.07) is 7.56. The Morgan fingerprint density at radius 3 is 2.46 bits per heavy atom. The smallest absolute Gasteiger partial charge is 0.306 e. The van der Waals surface area contributed by atoms with E-state index in [4.69, 9.17) is 9.47 Å². The average Bonchev–Trinajstić information content (AvgIpc) is 2.67. The molecule has 2 rings (SSSR count). The molecule has 1 saturated carbocycles. The fourth-order valence-electron chi connectivity index (χ4n) is 3.43. The minimum absolute atomic E-state index is 0.186. The van der Waals surface area contributed by atoms with E-state index in [0.29, 0.717) is 13.0 Å². The van der Waals surface area contributed by atoms with Crippen molar-refractivity contribution in [3.05, 3.63) is 29.8 Å². The molecule has 0 heterocycles. The maximum absolute atomic E-state index is 12.1. The molecular weight excluding hydrogens is 330 g/mol. The van der Waals surface area contributed by atoms with Crippen LogP contribution in [-0.4, -0.2) is 37.5 Å². The van der Waals surface area contributed by atoms with Gasteiger partial charge in [-0.3, -0.25) is 9.59 Å². The molecule has 1 amide bonds. The molecule has 1 aromatic carbocycles.